The second-order valence-electron chi connectivity index (χ2n) is 4.63. The van der Waals surface area contributed by atoms with E-state index in [0.29, 0.717) is 31.2 Å². The van der Waals surface area contributed by atoms with E-state index in [1.807, 2.05) is 6.92 Å². The lowest BCUT2D eigenvalue weighted by molar-refractivity contribution is 0.307. The molecule has 0 atom stereocenters. The van der Waals surface area contributed by atoms with Crippen LogP contribution >= 0.6 is 12.2 Å². The van der Waals surface area contributed by atoms with Crippen molar-refractivity contribution in [3.8, 4) is 0 Å². The Kier molecular flexibility index (Phi) is 6.74. The quantitative estimate of drug-likeness (QED) is 0.562. The molecule has 0 saturated carbocycles. The molecule has 1 fully saturated rings. The van der Waals surface area contributed by atoms with E-state index in [2.05, 4.69) is 17.2 Å². The minimum atomic E-state index is -3.06. The largest absolute Gasteiger partial charge is 0.360 e. The van der Waals surface area contributed by atoms with Gasteiger partial charge in [0, 0.05) is 25.7 Å². The molecule has 0 aromatic rings. The Morgan fingerprint density at radius 2 is 2.11 bits per heavy atom. The van der Waals surface area contributed by atoms with Gasteiger partial charge in [-0.1, -0.05) is 13.0 Å². The molecule has 0 unspecified atom stereocenters. The second kappa shape index (κ2) is 7.81. The first-order valence-corrected chi connectivity index (χ1v) is 8.64. The van der Waals surface area contributed by atoms with Crippen LogP contribution in [0.15, 0.2) is 12.7 Å². The molecule has 0 amide bonds. The van der Waals surface area contributed by atoms with Crippen molar-refractivity contribution in [2.45, 2.75) is 32.2 Å². The van der Waals surface area contributed by atoms with Gasteiger partial charge in [0.1, 0.15) is 0 Å². The molecule has 7 heteroatoms. The molecule has 0 aromatic heterocycles. The van der Waals surface area contributed by atoms with Crippen molar-refractivity contribution < 1.29 is 8.42 Å². The average molecular weight is 305 g/mol. The van der Waals surface area contributed by atoms with Crippen LogP contribution in [0, 0.1) is 0 Å². The predicted molar refractivity (Wildman–Crippen MR) is 82.6 cm³/mol. The summed E-state index contributed by atoms with van der Waals surface area (Å²) in [5.74, 6) is 0.240. The fourth-order valence-corrected chi connectivity index (χ4v) is 3.86. The lowest BCUT2D eigenvalue weighted by atomic mass is 10.1. The lowest BCUT2D eigenvalue weighted by Gasteiger charge is -2.32. The smallest absolute Gasteiger partial charge is 0.214 e. The van der Waals surface area contributed by atoms with E-state index < -0.39 is 10.0 Å². The summed E-state index contributed by atoms with van der Waals surface area (Å²) in [5, 5.41) is 6.83. The summed E-state index contributed by atoms with van der Waals surface area (Å²) in [5.41, 5.74) is 0. The highest BCUT2D eigenvalue weighted by Gasteiger charge is 2.27. The average Bonchev–Trinajstić information content (AvgIpc) is 2.37. The number of rotatable bonds is 6. The first-order valence-electron chi connectivity index (χ1n) is 6.62. The number of hydrogen-bond donors (Lipinski definition) is 2. The highest BCUT2D eigenvalue weighted by Crippen LogP contribution is 2.15. The zero-order valence-corrected chi connectivity index (χ0v) is 13.0. The Morgan fingerprint density at radius 3 is 2.63 bits per heavy atom. The molecule has 2 N–H and O–H groups in total. The molecule has 0 spiro atoms. The van der Waals surface area contributed by atoms with Gasteiger partial charge in [-0.3, -0.25) is 0 Å². The van der Waals surface area contributed by atoms with Crippen LogP contribution in [0.25, 0.3) is 0 Å². The molecule has 1 rings (SSSR count). The third-order valence-electron chi connectivity index (χ3n) is 3.05. The SMILES string of the molecule is C=CCNC(=S)NC1CCN(S(=O)(=O)CCC)CC1. The molecular formula is C12H23N3O2S2. The van der Waals surface area contributed by atoms with Gasteiger partial charge in [-0.25, -0.2) is 12.7 Å². The molecule has 1 aliphatic heterocycles. The van der Waals surface area contributed by atoms with E-state index in [0.717, 1.165) is 12.8 Å². The maximum atomic E-state index is 11.9. The Balaban J connectivity index is 2.37. The van der Waals surface area contributed by atoms with E-state index in [9.17, 15) is 8.42 Å². The fourth-order valence-electron chi connectivity index (χ4n) is 2.07. The van der Waals surface area contributed by atoms with Gasteiger partial charge >= 0.3 is 0 Å². The van der Waals surface area contributed by atoms with Gasteiger partial charge in [0.25, 0.3) is 0 Å². The van der Waals surface area contributed by atoms with Crippen molar-refractivity contribution in [3.05, 3.63) is 12.7 Å². The van der Waals surface area contributed by atoms with E-state index in [1.165, 1.54) is 0 Å². The van der Waals surface area contributed by atoms with Crippen LogP contribution in [-0.2, 0) is 10.0 Å². The van der Waals surface area contributed by atoms with Crippen LogP contribution < -0.4 is 10.6 Å². The third kappa shape index (κ3) is 5.46. The van der Waals surface area contributed by atoms with Crippen LogP contribution in [0.1, 0.15) is 26.2 Å². The standard InChI is InChI=1S/C12H23N3O2S2/c1-3-7-13-12(18)14-11-5-8-15(9-6-11)19(16,17)10-4-2/h3,11H,1,4-10H2,2H3,(H2,13,14,18). The van der Waals surface area contributed by atoms with Crippen molar-refractivity contribution >= 4 is 27.4 Å². The van der Waals surface area contributed by atoms with Gasteiger partial charge in [-0.2, -0.15) is 0 Å². The van der Waals surface area contributed by atoms with Crippen LogP contribution in [0.3, 0.4) is 0 Å². The molecule has 19 heavy (non-hydrogen) atoms. The van der Waals surface area contributed by atoms with Gasteiger partial charge in [-0.15, -0.1) is 6.58 Å². The highest BCUT2D eigenvalue weighted by molar-refractivity contribution is 7.89. The number of hydrogen-bond acceptors (Lipinski definition) is 3. The van der Waals surface area contributed by atoms with E-state index in [-0.39, 0.29) is 11.8 Å². The zero-order chi connectivity index (χ0) is 14.3. The summed E-state index contributed by atoms with van der Waals surface area (Å²) in [7, 11) is -3.06. The monoisotopic (exact) mass is 305 g/mol. The van der Waals surface area contributed by atoms with Crippen molar-refractivity contribution in [2.75, 3.05) is 25.4 Å². The van der Waals surface area contributed by atoms with Gasteiger partial charge in [0.05, 0.1) is 5.75 Å². The zero-order valence-electron chi connectivity index (χ0n) is 11.4. The Bertz CT molecular complexity index is 401. The Labute approximate surface area is 121 Å². The Morgan fingerprint density at radius 1 is 1.47 bits per heavy atom. The van der Waals surface area contributed by atoms with Crippen molar-refractivity contribution in [2.24, 2.45) is 0 Å². The number of nitrogens with zero attached hydrogens (tertiary/aromatic N) is 1. The first-order chi connectivity index (χ1) is 8.99. The highest BCUT2D eigenvalue weighted by atomic mass is 32.2. The number of sulfonamides is 1. The molecule has 5 nitrogen and oxygen atoms in total. The van der Waals surface area contributed by atoms with Crippen LogP contribution in [0.2, 0.25) is 0 Å². The molecule has 0 radical (unpaired) electrons. The van der Waals surface area contributed by atoms with Crippen molar-refractivity contribution in [1.29, 1.82) is 0 Å². The number of piperidine rings is 1. The van der Waals surface area contributed by atoms with Gasteiger partial charge < -0.3 is 10.6 Å². The molecule has 0 bridgehead atoms. The normalized spacial score (nSPS) is 17.9. The molecule has 1 saturated heterocycles. The molecule has 0 aliphatic carbocycles. The van der Waals surface area contributed by atoms with E-state index in [1.54, 1.807) is 10.4 Å². The van der Waals surface area contributed by atoms with Crippen LogP contribution in [0.5, 0.6) is 0 Å². The molecule has 110 valence electrons. The van der Waals surface area contributed by atoms with Crippen molar-refractivity contribution in [1.82, 2.24) is 14.9 Å². The topological polar surface area (TPSA) is 61.4 Å². The first kappa shape index (κ1) is 16.4. The fraction of sp³-hybridized carbons (Fsp3) is 0.750. The van der Waals surface area contributed by atoms with Gasteiger partial charge in [-0.05, 0) is 31.5 Å². The summed E-state index contributed by atoms with van der Waals surface area (Å²) in [6, 6.07) is 0.248. The summed E-state index contributed by atoms with van der Waals surface area (Å²) >= 11 is 5.14. The minimum absolute atomic E-state index is 0.240. The molecular weight excluding hydrogens is 282 g/mol. The van der Waals surface area contributed by atoms with Gasteiger partial charge in [0.15, 0.2) is 5.11 Å². The molecule has 1 heterocycles. The third-order valence-corrected chi connectivity index (χ3v) is 5.39. The maximum Gasteiger partial charge on any atom is 0.214 e. The summed E-state index contributed by atoms with van der Waals surface area (Å²) < 4.78 is 25.4. The predicted octanol–water partition coefficient (Wildman–Crippen LogP) is 0.841. The van der Waals surface area contributed by atoms with E-state index >= 15 is 0 Å². The summed E-state index contributed by atoms with van der Waals surface area (Å²) in [6.45, 7) is 7.28. The summed E-state index contributed by atoms with van der Waals surface area (Å²) in [6.07, 6.45) is 3.99. The molecule has 1 aliphatic rings. The number of nitrogens with one attached hydrogen (secondary N) is 2. The Hall–Kier alpha value is -0.660. The lowest BCUT2D eigenvalue weighted by Crippen LogP contribution is -2.49. The summed E-state index contributed by atoms with van der Waals surface area (Å²) in [4.78, 5) is 0. The van der Waals surface area contributed by atoms with Crippen LogP contribution in [-0.4, -0.2) is 49.3 Å². The van der Waals surface area contributed by atoms with Gasteiger partial charge in [0.2, 0.25) is 10.0 Å². The second-order valence-corrected chi connectivity index (χ2v) is 7.13. The maximum absolute atomic E-state index is 11.9. The van der Waals surface area contributed by atoms with Crippen molar-refractivity contribution in [3.63, 3.8) is 0 Å². The number of thiocarbonyl (C=S) groups is 1. The van der Waals surface area contributed by atoms with E-state index in [4.69, 9.17) is 12.2 Å². The van der Waals surface area contributed by atoms with Crippen LogP contribution in [0.4, 0.5) is 0 Å². The minimum Gasteiger partial charge on any atom is -0.360 e. The molecule has 0 aromatic carbocycles.